The van der Waals surface area contributed by atoms with Gasteiger partial charge in [0.25, 0.3) is 0 Å². The van der Waals surface area contributed by atoms with Crippen molar-refractivity contribution in [2.45, 2.75) is 90.3 Å². The van der Waals surface area contributed by atoms with Gasteiger partial charge in [0.05, 0.1) is 6.26 Å². The SMILES string of the molecule is CC(C#N)(/C=C/C=C/O[Si](C)(C)C(C)(C)C)O[Si](C)(C)C(C)(C)C. The number of rotatable bonds is 6. The lowest BCUT2D eigenvalue weighted by molar-refractivity contribution is 0.178. The van der Waals surface area contributed by atoms with Crippen LogP contribution in [0.25, 0.3) is 0 Å². The van der Waals surface area contributed by atoms with E-state index in [1.807, 2.05) is 25.2 Å². The van der Waals surface area contributed by atoms with E-state index >= 15 is 0 Å². The van der Waals surface area contributed by atoms with E-state index in [-0.39, 0.29) is 10.1 Å². The Labute approximate surface area is 152 Å². The fourth-order valence-corrected chi connectivity index (χ4v) is 3.70. The van der Waals surface area contributed by atoms with E-state index in [1.165, 1.54) is 0 Å². The highest BCUT2D eigenvalue weighted by molar-refractivity contribution is 6.74. The molecule has 0 spiro atoms. The number of hydrogen-bond acceptors (Lipinski definition) is 3. The first-order valence-corrected chi connectivity index (χ1v) is 14.4. The first-order valence-electron chi connectivity index (χ1n) is 8.61. The molecule has 0 N–H and O–H groups in total. The average molecular weight is 368 g/mol. The van der Waals surface area contributed by atoms with Crippen LogP contribution < -0.4 is 0 Å². The molecule has 5 heteroatoms. The van der Waals surface area contributed by atoms with Crippen LogP contribution in [0.3, 0.4) is 0 Å². The predicted octanol–water partition coefficient (Wildman–Crippen LogP) is 6.38. The molecule has 0 aliphatic heterocycles. The summed E-state index contributed by atoms with van der Waals surface area (Å²) in [6.07, 6.45) is 7.27. The minimum absolute atomic E-state index is 0.0697. The molecule has 0 saturated carbocycles. The van der Waals surface area contributed by atoms with Crippen LogP contribution in [0.4, 0.5) is 0 Å². The maximum Gasteiger partial charge on any atom is 0.249 e. The first-order chi connectivity index (χ1) is 10.5. The van der Waals surface area contributed by atoms with Crippen LogP contribution in [0.2, 0.25) is 36.3 Å². The molecular weight excluding hydrogens is 330 g/mol. The lowest BCUT2D eigenvalue weighted by Gasteiger charge is -2.40. The molecule has 138 valence electrons. The molecule has 0 aromatic carbocycles. The van der Waals surface area contributed by atoms with Gasteiger partial charge in [-0.2, -0.15) is 5.26 Å². The van der Waals surface area contributed by atoms with Crippen molar-refractivity contribution in [2.75, 3.05) is 0 Å². The molecule has 0 rings (SSSR count). The summed E-state index contributed by atoms with van der Waals surface area (Å²) in [7, 11) is -3.79. The Morgan fingerprint density at radius 1 is 0.792 bits per heavy atom. The van der Waals surface area contributed by atoms with Gasteiger partial charge in [-0.15, -0.1) is 0 Å². The lowest BCUT2D eigenvalue weighted by atomic mass is 10.1. The van der Waals surface area contributed by atoms with E-state index in [0.29, 0.717) is 0 Å². The highest BCUT2D eigenvalue weighted by Crippen LogP contribution is 2.39. The summed E-state index contributed by atoms with van der Waals surface area (Å²) in [5.41, 5.74) is -0.912. The van der Waals surface area contributed by atoms with Crippen LogP contribution in [0.5, 0.6) is 0 Å². The van der Waals surface area contributed by atoms with Gasteiger partial charge < -0.3 is 8.85 Å². The van der Waals surface area contributed by atoms with E-state index < -0.39 is 22.2 Å². The zero-order valence-corrected chi connectivity index (χ0v) is 19.6. The van der Waals surface area contributed by atoms with Crippen molar-refractivity contribution in [1.29, 1.82) is 5.26 Å². The molecular formula is C19H37NO2Si2. The molecule has 1 atom stereocenters. The molecule has 3 nitrogen and oxygen atoms in total. The summed E-state index contributed by atoms with van der Waals surface area (Å²) in [5, 5.41) is 9.80. The molecule has 1 unspecified atom stereocenters. The van der Waals surface area contributed by atoms with Crippen molar-refractivity contribution in [3.8, 4) is 6.07 Å². The second-order valence-electron chi connectivity index (χ2n) is 9.65. The van der Waals surface area contributed by atoms with Gasteiger partial charge in [0, 0.05) is 0 Å². The maximum absolute atomic E-state index is 9.55. The van der Waals surface area contributed by atoms with Crippen molar-refractivity contribution in [3.63, 3.8) is 0 Å². The number of nitriles is 1. The van der Waals surface area contributed by atoms with Gasteiger partial charge in [-0.1, -0.05) is 47.6 Å². The largest absolute Gasteiger partial charge is 0.549 e. The molecule has 0 radical (unpaired) electrons. The van der Waals surface area contributed by atoms with Crippen LogP contribution in [0.15, 0.2) is 24.5 Å². The van der Waals surface area contributed by atoms with Gasteiger partial charge in [0.2, 0.25) is 8.32 Å². The molecule has 0 amide bonds. The highest BCUT2D eigenvalue weighted by Gasteiger charge is 2.42. The van der Waals surface area contributed by atoms with Gasteiger partial charge >= 0.3 is 0 Å². The van der Waals surface area contributed by atoms with E-state index in [2.05, 4.69) is 73.8 Å². The van der Waals surface area contributed by atoms with E-state index in [9.17, 15) is 5.26 Å². The third kappa shape index (κ3) is 6.58. The highest BCUT2D eigenvalue weighted by atomic mass is 28.4. The molecule has 0 heterocycles. The average Bonchev–Trinajstić information content (AvgIpc) is 2.34. The lowest BCUT2D eigenvalue weighted by Crippen LogP contribution is -2.47. The van der Waals surface area contributed by atoms with Crippen molar-refractivity contribution in [2.24, 2.45) is 0 Å². The summed E-state index contributed by atoms with van der Waals surface area (Å²) < 4.78 is 12.3. The Morgan fingerprint density at radius 3 is 1.62 bits per heavy atom. The fourth-order valence-electron chi connectivity index (χ4n) is 1.45. The summed E-state index contributed by atoms with van der Waals surface area (Å²) in [4.78, 5) is 0. The molecule has 0 aliphatic carbocycles. The topological polar surface area (TPSA) is 42.2 Å². The molecule has 24 heavy (non-hydrogen) atoms. The summed E-state index contributed by atoms with van der Waals surface area (Å²) in [5.74, 6) is 0. The first kappa shape index (κ1) is 23.2. The van der Waals surface area contributed by atoms with Crippen molar-refractivity contribution in [1.82, 2.24) is 0 Å². The van der Waals surface area contributed by atoms with Gasteiger partial charge in [-0.3, -0.25) is 0 Å². The predicted molar refractivity (Wildman–Crippen MR) is 109 cm³/mol. The Balaban J connectivity index is 5.00. The third-order valence-electron chi connectivity index (χ3n) is 5.27. The quantitative estimate of drug-likeness (QED) is 0.310. The zero-order chi connectivity index (χ0) is 19.4. The maximum atomic E-state index is 9.55. The van der Waals surface area contributed by atoms with Crippen molar-refractivity contribution in [3.05, 3.63) is 24.5 Å². The second kappa shape index (κ2) is 7.59. The molecule has 0 fully saturated rings. The third-order valence-corrected chi connectivity index (χ3v) is 14.2. The fraction of sp³-hybridized carbons (Fsp3) is 0.737. The minimum Gasteiger partial charge on any atom is -0.549 e. The Hall–Kier alpha value is -0.836. The van der Waals surface area contributed by atoms with Crippen LogP contribution in [-0.4, -0.2) is 22.2 Å². The van der Waals surface area contributed by atoms with Gasteiger partial charge in [0.15, 0.2) is 13.9 Å². The molecule has 0 bridgehead atoms. The van der Waals surface area contributed by atoms with Crippen molar-refractivity contribution < 1.29 is 8.85 Å². The standard InChI is InChI=1S/C19H37NO2Si2/c1-17(2,3)23(8,9)21-15-13-12-14-19(7,16-20)22-24(10,11)18(4,5)6/h12-15H,1-11H3/b14-12+,15-13+. The summed E-state index contributed by atoms with van der Waals surface area (Å²) in [6.45, 7) is 23.7. The summed E-state index contributed by atoms with van der Waals surface area (Å²) >= 11 is 0. The molecule has 0 saturated heterocycles. The van der Waals surface area contributed by atoms with Crippen LogP contribution in [0, 0.1) is 11.3 Å². The number of nitrogens with zero attached hydrogens (tertiary/aromatic N) is 1. The zero-order valence-electron chi connectivity index (χ0n) is 17.6. The van der Waals surface area contributed by atoms with E-state index in [0.717, 1.165) is 0 Å². The van der Waals surface area contributed by atoms with Crippen LogP contribution >= 0.6 is 0 Å². The van der Waals surface area contributed by atoms with Gasteiger partial charge in [-0.25, -0.2) is 0 Å². The Kier molecular flexibility index (Phi) is 7.33. The summed E-state index contributed by atoms with van der Waals surface area (Å²) in [6, 6.07) is 2.30. The Bertz CT molecular complexity index is 517. The monoisotopic (exact) mass is 367 g/mol. The normalized spacial score (nSPS) is 17.1. The number of allylic oxidation sites excluding steroid dienone is 2. The smallest absolute Gasteiger partial charge is 0.249 e. The molecule has 0 aliphatic rings. The van der Waals surface area contributed by atoms with Crippen LogP contribution in [-0.2, 0) is 8.85 Å². The minimum atomic E-state index is -2.01. The second-order valence-corrected chi connectivity index (χ2v) is 19.1. The molecule has 0 aromatic heterocycles. The van der Waals surface area contributed by atoms with E-state index in [1.54, 1.807) is 6.26 Å². The van der Waals surface area contributed by atoms with Crippen LogP contribution in [0.1, 0.15) is 48.5 Å². The van der Waals surface area contributed by atoms with Gasteiger partial charge in [0.1, 0.15) is 6.07 Å². The number of hydrogen-bond donors (Lipinski definition) is 0. The van der Waals surface area contributed by atoms with Gasteiger partial charge in [-0.05, 0) is 55.3 Å². The van der Waals surface area contributed by atoms with Crippen molar-refractivity contribution >= 4 is 16.6 Å². The van der Waals surface area contributed by atoms with E-state index in [4.69, 9.17) is 8.85 Å². The Morgan fingerprint density at radius 2 is 1.25 bits per heavy atom. The molecule has 0 aromatic rings.